The van der Waals surface area contributed by atoms with Gasteiger partial charge in [-0.3, -0.25) is 4.79 Å². The number of thiophene rings is 1. The molecule has 5 heteroatoms. The van der Waals surface area contributed by atoms with Crippen molar-refractivity contribution >= 4 is 33.2 Å². The molecule has 1 saturated heterocycles. The molecule has 27 heavy (non-hydrogen) atoms. The number of hydrogen-bond acceptors (Lipinski definition) is 5. The van der Waals surface area contributed by atoms with Crippen LogP contribution in [0, 0.1) is 5.92 Å². The van der Waals surface area contributed by atoms with E-state index in [-0.39, 0.29) is 0 Å². The molecule has 3 heterocycles. The summed E-state index contributed by atoms with van der Waals surface area (Å²) in [6, 6.07) is 10.5. The predicted molar refractivity (Wildman–Crippen MR) is 112 cm³/mol. The molecule has 4 nitrogen and oxygen atoms in total. The summed E-state index contributed by atoms with van der Waals surface area (Å²) < 4.78 is 1.15. The van der Waals surface area contributed by atoms with Gasteiger partial charge in [-0.15, -0.1) is 11.3 Å². The fourth-order valence-corrected chi connectivity index (χ4v) is 4.70. The van der Waals surface area contributed by atoms with Gasteiger partial charge in [0, 0.05) is 25.9 Å². The van der Waals surface area contributed by atoms with Crippen molar-refractivity contribution in [1.29, 1.82) is 0 Å². The van der Waals surface area contributed by atoms with E-state index in [0.717, 1.165) is 41.1 Å². The standard InChI is InChI=1S/C22H25N3OS/c1-15(2)18-5-3-16(4-6-18)11-19(26)12-17-7-9-25(13-17)22-21-20(8-10-27-21)23-14-24-22/h3-6,8,10,14-15,17H,7,9,11-13H2,1-2H3. The molecule has 0 amide bonds. The summed E-state index contributed by atoms with van der Waals surface area (Å²) in [4.78, 5) is 23.7. The highest BCUT2D eigenvalue weighted by Crippen LogP contribution is 2.32. The van der Waals surface area contributed by atoms with E-state index in [1.54, 1.807) is 17.7 Å². The number of ketones is 1. The number of fused-ring (bicyclic) bond motifs is 1. The fourth-order valence-electron chi connectivity index (χ4n) is 3.83. The number of hydrogen-bond donors (Lipinski definition) is 0. The van der Waals surface area contributed by atoms with E-state index >= 15 is 0 Å². The van der Waals surface area contributed by atoms with Crippen LogP contribution >= 0.6 is 11.3 Å². The third-order valence-corrected chi connectivity index (χ3v) is 6.27. The second-order valence-electron chi connectivity index (χ2n) is 7.75. The maximum absolute atomic E-state index is 12.6. The zero-order valence-electron chi connectivity index (χ0n) is 15.9. The Morgan fingerprint density at radius 1 is 1.22 bits per heavy atom. The lowest BCUT2D eigenvalue weighted by atomic mass is 9.96. The van der Waals surface area contributed by atoms with Crippen LogP contribution < -0.4 is 4.90 Å². The summed E-state index contributed by atoms with van der Waals surface area (Å²) in [7, 11) is 0. The summed E-state index contributed by atoms with van der Waals surface area (Å²) in [6.45, 7) is 6.24. The largest absolute Gasteiger partial charge is 0.355 e. The van der Waals surface area contributed by atoms with Crippen LogP contribution in [0.25, 0.3) is 10.2 Å². The molecule has 1 aliphatic rings. The highest BCUT2D eigenvalue weighted by Gasteiger charge is 2.26. The first-order chi connectivity index (χ1) is 13.1. The quantitative estimate of drug-likeness (QED) is 0.615. The summed E-state index contributed by atoms with van der Waals surface area (Å²) in [5, 5.41) is 2.06. The van der Waals surface area contributed by atoms with Crippen molar-refractivity contribution in [3.8, 4) is 0 Å². The van der Waals surface area contributed by atoms with Crippen LogP contribution in [0.5, 0.6) is 0 Å². The number of carbonyl (C=O) groups excluding carboxylic acids is 1. The van der Waals surface area contributed by atoms with E-state index in [2.05, 4.69) is 58.4 Å². The molecule has 0 saturated carbocycles. The topological polar surface area (TPSA) is 46.1 Å². The average Bonchev–Trinajstić information content (AvgIpc) is 3.31. The van der Waals surface area contributed by atoms with Crippen molar-refractivity contribution in [2.45, 2.75) is 39.0 Å². The minimum absolute atomic E-state index is 0.336. The van der Waals surface area contributed by atoms with Gasteiger partial charge in [-0.25, -0.2) is 9.97 Å². The fraction of sp³-hybridized carbons (Fsp3) is 0.409. The van der Waals surface area contributed by atoms with Crippen LogP contribution in [0.4, 0.5) is 5.82 Å². The Morgan fingerprint density at radius 2 is 2.04 bits per heavy atom. The molecule has 3 aromatic rings. The van der Waals surface area contributed by atoms with E-state index in [0.29, 0.717) is 30.5 Å². The van der Waals surface area contributed by atoms with E-state index in [1.165, 1.54) is 5.56 Å². The molecule has 0 bridgehead atoms. The lowest BCUT2D eigenvalue weighted by Gasteiger charge is -2.17. The van der Waals surface area contributed by atoms with Crippen LogP contribution in [0.15, 0.2) is 42.0 Å². The smallest absolute Gasteiger partial charge is 0.150 e. The molecular formula is C22H25N3OS. The second-order valence-corrected chi connectivity index (χ2v) is 8.66. The normalized spacial score (nSPS) is 17.1. The first-order valence-electron chi connectivity index (χ1n) is 9.64. The van der Waals surface area contributed by atoms with Crippen molar-refractivity contribution in [2.75, 3.05) is 18.0 Å². The van der Waals surface area contributed by atoms with Gasteiger partial charge in [0.25, 0.3) is 0 Å². The van der Waals surface area contributed by atoms with Crippen molar-refractivity contribution in [3.63, 3.8) is 0 Å². The average molecular weight is 380 g/mol. The van der Waals surface area contributed by atoms with Gasteiger partial charge in [0.15, 0.2) is 0 Å². The predicted octanol–water partition coefficient (Wildman–Crippen LogP) is 4.84. The van der Waals surface area contributed by atoms with E-state index < -0.39 is 0 Å². The van der Waals surface area contributed by atoms with Crippen molar-refractivity contribution in [2.24, 2.45) is 5.92 Å². The molecule has 0 N–H and O–H groups in total. The zero-order valence-corrected chi connectivity index (χ0v) is 16.7. The molecule has 0 spiro atoms. The van der Waals surface area contributed by atoms with E-state index in [1.807, 2.05) is 6.07 Å². The van der Waals surface area contributed by atoms with E-state index in [9.17, 15) is 4.79 Å². The number of nitrogens with zero attached hydrogens (tertiary/aromatic N) is 3. The van der Waals surface area contributed by atoms with E-state index in [4.69, 9.17) is 0 Å². The Labute approximate surface area is 164 Å². The molecule has 140 valence electrons. The monoisotopic (exact) mass is 379 g/mol. The molecule has 1 unspecified atom stereocenters. The Kier molecular flexibility index (Phi) is 5.21. The number of rotatable bonds is 6. The number of benzene rings is 1. The molecule has 0 aliphatic carbocycles. The van der Waals surface area contributed by atoms with Crippen LogP contribution in [0.2, 0.25) is 0 Å². The molecule has 1 atom stereocenters. The number of anilines is 1. The van der Waals surface area contributed by atoms with Gasteiger partial charge < -0.3 is 4.90 Å². The summed E-state index contributed by atoms with van der Waals surface area (Å²) in [5.41, 5.74) is 3.45. The maximum atomic E-state index is 12.6. The van der Waals surface area contributed by atoms with Gasteiger partial charge in [-0.05, 0) is 40.8 Å². The third kappa shape index (κ3) is 4.03. The molecule has 1 fully saturated rings. The SMILES string of the molecule is CC(C)c1ccc(CC(=O)CC2CCN(c3ncnc4ccsc34)C2)cc1. The Hall–Kier alpha value is -2.27. The van der Waals surface area contributed by atoms with Gasteiger partial charge in [0.1, 0.15) is 17.9 Å². The lowest BCUT2D eigenvalue weighted by Crippen LogP contribution is -2.22. The molecule has 1 aromatic carbocycles. The minimum atomic E-state index is 0.336. The van der Waals surface area contributed by atoms with Gasteiger partial charge in [-0.2, -0.15) is 0 Å². The highest BCUT2D eigenvalue weighted by molar-refractivity contribution is 7.17. The number of aromatic nitrogens is 2. The van der Waals surface area contributed by atoms with Crippen molar-refractivity contribution in [3.05, 3.63) is 53.2 Å². The molecular weight excluding hydrogens is 354 g/mol. The van der Waals surface area contributed by atoms with Crippen molar-refractivity contribution < 1.29 is 4.79 Å². The third-order valence-electron chi connectivity index (χ3n) is 5.37. The van der Waals surface area contributed by atoms with Gasteiger partial charge in [0.05, 0.1) is 10.2 Å². The first-order valence-corrected chi connectivity index (χ1v) is 10.5. The maximum Gasteiger partial charge on any atom is 0.150 e. The van der Waals surface area contributed by atoms with Gasteiger partial charge in [-0.1, -0.05) is 38.1 Å². The Balaban J connectivity index is 1.35. The first kappa shape index (κ1) is 18.1. The Morgan fingerprint density at radius 3 is 2.81 bits per heavy atom. The summed E-state index contributed by atoms with van der Waals surface area (Å²) in [5.74, 6) is 2.30. The Bertz CT molecular complexity index is 932. The zero-order chi connectivity index (χ0) is 18.8. The second kappa shape index (κ2) is 7.77. The molecule has 4 rings (SSSR count). The van der Waals surface area contributed by atoms with Crippen LogP contribution in [-0.4, -0.2) is 28.8 Å². The van der Waals surface area contributed by atoms with Gasteiger partial charge >= 0.3 is 0 Å². The molecule has 2 aromatic heterocycles. The van der Waals surface area contributed by atoms with Gasteiger partial charge in [0.2, 0.25) is 0 Å². The van der Waals surface area contributed by atoms with Crippen LogP contribution in [-0.2, 0) is 11.2 Å². The lowest BCUT2D eigenvalue weighted by molar-refractivity contribution is -0.119. The number of carbonyl (C=O) groups is 1. The summed E-state index contributed by atoms with van der Waals surface area (Å²) >= 11 is 1.69. The highest BCUT2D eigenvalue weighted by atomic mass is 32.1. The molecule has 0 radical (unpaired) electrons. The van der Waals surface area contributed by atoms with Crippen LogP contribution in [0.3, 0.4) is 0 Å². The minimum Gasteiger partial charge on any atom is -0.355 e. The summed E-state index contributed by atoms with van der Waals surface area (Å²) in [6.07, 6.45) is 3.89. The molecule has 1 aliphatic heterocycles. The number of Topliss-reactive ketones (excluding diaryl/α,β-unsaturated/α-hetero) is 1. The van der Waals surface area contributed by atoms with Crippen LogP contribution in [0.1, 0.15) is 43.7 Å². The van der Waals surface area contributed by atoms with Crippen molar-refractivity contribution in [1.82, 2.24) is 9.97 Å².